The molecule has 154 valence electrons. The first-order chi connectivity index (χ1) is 14.5. The molecule has 4 heteroatoms. The molecule has 4 rings (SSSR count). The SMILES string of the molecule is CC(=O)OCC(C)(Oc1ccc(C2CCSc3ccccc32)cc1)c1ccccc1. The van der Waals surface area contributed by atoms with Gasteiger partial charge in [0.15, 0.2) is 5.60 Å². The fraction of sp³-hybridized carbons (Fsp3) is 0.269. The lowest BCUT2D eigenvalue weighted by Crippen LogP contribution is -2.35. The van der Waals surface area contributed by atoms with Crippen molar-refractivity contribution in [2.45, 2.75) is 36.7 Å². The Labute approximate surface area is 182 Å². The molecule has 2 unspecified atom stereocenters. The second-order valence-electron chi connectivity index (χ2n) is 7.78. The fourth-order valence-electron chi connectivity index (χ4n) is 3.92. The van der Waals surface area contributed by atoms with E-state index in [1.54, 1.807) is 0 Å². The summed E-state index contributed by atoms with van der Waals surface area (Å²) in [7, 11) is 0. The van der Waals surface area contributed by atoms with Crippen LogP contribution in [0.5, 0.6) is 5.75 Å². The molecule has 1 aliphatic heterocycles. The van der Waals surface area contributed by atoms with Gasteiger partial charge >= 0.3 is 5.97 Å². The topological polar surface area (TPSA) is 35.5 Å². The summed E-state index contributed by atoms with van der Waals surface area (Å²) in [5.41, 5.74) is 2.92. The summed E-state index contributed by atoms with van der Waals surface area (Å²) in [6, 6.07) is 26.9. The number of fused-ring (bicyclic) bond motifs is 1. The third-order valence-electron chi connectivity index (χ3n) is 5.52. The number of ether oxygens (including phenoxy) is 2. The Balaban J connectivity index is 1.57. The number of esters is 1. The third-order valence-corrected chi connectivity index (χ3v) is 6.64. The molecular formula is C26H26O3S. The van der Waals surface area contributed by atoms with Gasteiger partial charge in [-0.25, -0.2) is 0 Å². The average molecular weight is 419 g/mol. The Bertz CT molecular complexity index is 1000. The molecule has 0 amide bonds. The first-order valence-corrected chi connectivity index (χ1v) is 11.2. The number of thioether (sulfide) groups is 1. The van der Waals surface area contributed by atoms with Gasteiger partial charge in [0.25, 0.3) is 0 Å². The fourth-order valence-corrected chi connectivity index (χ4v) is 5.04. The van der Waals surface area contributed by atoms with Crippen LogP contribution >= 0.6 is 11.8 Å². The maximum Gasteiger partial charge on any atom is 0.302 e. The number of carbonyl (C=O) groups is 1. The Morgan fingerprint density at radius 2 is 1.70 bits per heavy atom. The van der Waals surface area contributed by atoms with Gasteiger partial charge in [-0.05, 0) is 54.0 Å². The molecule has 0 spiro atoms. The highest BCUT2D eigenvalue weighted by Crippen LogP contribution is 2.41. The second-order valence-corrected chi connectivity index (χ2v) is 8.91. The van der Waals surface area contributed by atoms with Gasteiger partial charge in [0, 0.05) is 17.7 Å². The zero-order valence-corrected chi connectivity index (χ0v) is 18.2. The van der Waals surface area contributed by atoms with E-state index in [-0.39, 0.29) is 12.6 Å². The van der Waals surface area contributed by atoms with Crippen LogP contribution in [0.2, 0.25) is 0 Å². The lowest BCUT2D eigenvalue weighted by Gasteiger charge is -2.31. The molecule has 1 aliphatic rings. The monoisotopic (exact) mass is 418 g/mol. The number of hydrogen-bond donors (Lipinski definition) is 0. The molecule has 0 saturated carbocycles. The van der Waals surface area contributed by atoms with Crippen LogP contribution in [0.4, 0.5) is 0 Å². The van der Waals surface area contributed by atoms with E-state index in [1.807, 2.05) is 61.2 Å². The number of carbonyl (C=O) groups excluding carboxylic acids is 1. The van der Waals surface area contributed by atoms with Gasteiger partial charge in [-0.3, -0.25) is 4.79 Å². The van der Waals surface area contributed by atoms with Crippen molar-refractivity contribution >= 4 is 17.7 Å². The van der Waals surface area contributed by atoms with Crippen molar-refractivity contribution in [3.63, 3.8) is 0 Å². The Morgan fingerprint density at radius 3 is 2.43 bits per heavy atom. The van der Waals surface area contributed by atoms with Crippen LogP contribution in [-0.2, 0) is 15.1 Å². The molecule has 0 fully saturated rings. The van der Waals surface area contributed by atoms with Gasteiger partial charge in [0.1, 0.15) is 12.4 Å². The molecule has 3 aromatic carbocycles. The quantitative estimate of drug-likeness (QED) is 0.448. The van der Waals surface area contributed by atoms with Crippen molar-refractivity contribution in [2.24, 2.45) is 0 Å². The average Bonchev–Trinajstić information content (AvgIpc) is 2.78. The summed E-state index contributed by atoms with van der Waals surface area (Å²) in [4.78, 5) is 12.8. The summed E-state index contributed by atoms with van der Waals surface area (Å²) in [5.74, 6) is 1.99. The molecule has 3 aromatic rings. The number of hydrogen-bond acceptors (Lipinski definition) is 4. The van der Waals surface area contributed by atoms with Gasteiger partial charge in [0.05, 0.1) is 0 Å². The standard InChI is InChI=1S/C26H26O3S/c1-19(27)28-18-26(2,21-8-4-3-5-9-21)29-22-14-12-20(13-15-22)23-16-17-30-25-11-7-6-10-24(23)25/h3-15,23H,16-18H2,1-2H3. The summed E-state index contributed by atoms with van der Waals surface area (Å²) >= 11 is 1.94. The maximum atomic E-state index is 11.4. The summed E-state index contributed by atoms with van der Waals surface area (Å²) in [6.07, 6.45) is 1.13. The minimum Gasteiger partial charge on any atom is -0.479 e. The summed E-state index contributed by atoms with van der Waals surface area (Å²) < 4.78 is 11.7. The highest BCUT2D eigenvalue weighted by atomic mass is 32.2. The van der Waals surface area contributed by atoms with E-state index in [4.69, 9.17) is 9.47 Å². The predicted molar refractivity (Wildman–Crippen MR) is 121 cm³/mol. The first-order valence-electron chi connectivity index (χ1n) is 10.2. The van der Waals surface area contributed by atoms with E-state index in [0.29, 0.717) is 5.92 Å². The van der Waals surface area contributed by atoms with Crippen LogP contribution in [-0.4, -0.2) is 18.3 Å². The van der Waals surface area contributed by atoms with Crippen molar-refractivity contribution < 1.29 is 14.3 Å². The van der Waals surface area contributed by atoms with Crippen LogP contribution < -0.4 is 4.74 Å². The molecule has 3 nitrogen and oxygen atoms in total. The van der Waals surface area contributed by atoms with Crippen LogP contribution in [0.3, 0.4) is 0 Å². The highest BCUT2D eigenvalue weighted by Gasteiger charge is 2.31. The Hall–Kier alpha value is -2.72. The van der Waals surface area contributed by atoms with Gasteiger partial charge in [-0.15, -0.1) is 11.8 Å². The van der Waals surface area contributed by atoms with Gasteiger partial charge in [-0.2, -0.15) is 0 Å². The summed E-state index contributed by atoms with van der Waals surface area (Å²) in [5, 5.41) is 0. The van der Waals surface area contributed by atoms with Gasteiger partial charge in [-0.1, -0.05) is 60.7 Å². The molecule has 0 aromatic heterocycles. The van der Waals surface area contributed by atoms with Crippen molar-refractivity contribution in [1.29, 1.82) is 0 Å². The minimum absolute atomic E-state index is 0.154. The molecule has 0 saturated heterocycles. The van der Waals surface area contributed by atoms with Crippen LogP contribution in [0.15, 0.2) is 83.8 Å². The third kappa shape index (κ3) is 4.54. The van der Waals surface area contributed by atoms with E-state index in [9.17, 15) is 4.79 Å². The second kappa shape index (κ2) is 8.97. The van der Waals surface area contributed by atoms with E-state index < -0.39 is 5.60 Å². The molecule has 1 heterocycles. The van der Waals surface area contributed by atoms with E-state index in [0.717, 1.165) is 23.5 Å². The lowest BCUT2D eigenvalue weighted by atomic mass is 9.88. The first kappa shape index (κ1) is 20.5. The molecule has 2 atom stereocenters. The van der Waals surface area contributed by atoms with Gasteiger partial charge < -0.3 is 9.47 Å². The maximum absolute atomic E-state index is 11.4. The normalized spacial score (nSPS) is 17.5. The van der Waals surface area contributed by atoms with Crippen LogP contribution in [0, 0.1) is 0 Å². The zero-order chi connectivity index (χ0) is 21.0. The van der Waals surface area contributed by atoms with E-state index >= 15 is 0 Å². The number of rotatable bonds is 6. The molecule has 0 N–H and O–H groups in total. The van der Waals surface area contributed by atoms with Crippen molar-refractivity contribution in [3.05, 3.63) is 95.6 Å². The smallest absolute Gasteiger partial charge is 0.302 e. The van der Waals surface area contributed by atoms with E-state index in [2.05, 4.69) is 36.4 Å². The van der Waals surface area contributed by atoms with Crippen molar-refractivity contribution in [3.8, 4) is 5.75 Å². The minimum atomic E-state index is -0.761. The lowest BCUT2D eigenvalue weighted by molar-refractivity contribution is -0.147. The molecule has 0 radical (unpaired) electrons. The van der Waals surface area contributed by atoms with Gasteiger partial charge in [0.2, 0.25) is 0 Å². The van der Waals surface area contributed by atoms with E-state index in [1.165, 1.54) is 22.9 Å². The van der Waals surface area contributed by atoms with Crippen molar-refractivity contribution in [2.75, 3.05) is 12.4 Å². The summed E-state index contributed by atoms with van der Waals surface area (Å²) in [6.45, 7) is 3.52. The Kier molecular flexibility index (Phi) is 6.14. The predicted octanol–water partition coefficient (Wildman–Crippen LogP) is 6.17. The van der Waals surface area contributed by atoms with Crippen LogP contribution in [0.25, 0.3) is 0 Å². The molecular weight excluding hydrogens is 392 g/mol. The largest absolute Gasteiger partial charge is 0.479 e. The molecule has 0 bridgehead atoms. The molecule has 0 aliphatic carbocycles. The Morgan fingerprint density at radius 1 is 1.00 bits per heavy atom. The molecule has 30 heavy (non-hydrogen) atoms. The number of benzene rings is 3. The zero-order valence-electron chi connectivity index (χ0n) is 17.3. The van der Waals surface area contributed by atoms with Crippen molar-refractivity contribution in [1.82, 2.24) is 0 Å². The highest BCUT2D eigenvalue weighted by molar-refractivity contribution is 7.99. The van der Waals surface area contributed by atoms with Crippen LogP contribution in [0.1, 0.15) is 42.9 Å².